The number of rotatable bonds is 0. The molecule has 0 aliphatic carbocycles. The van der Waals surface area contributed by atoms with Gasteiger partial charge in [0, 0.05) is 4.88 Å². The van der Waals surface area contributed by atoms with E-state index in [4.69, 9.17) is 0 Å². The molecule has 11 heavy (non-hydrogen) atoms. The summed E-state index contributed by atoms with van der Waals surface area (Å²) in [6.07, 6.45) is 0. The summed E-state index contributed by atoms with van der Waals surface area (Å²) in [5, 5.41) is 3.24. The Morgan fingerprint density at radius 1 is 1.55 bits per heavy atom. The molecule has 0 aromatic carbocycles. The van der Waals surface area contributed by atoms with E-state index < -0.39 is 0 Å². The van der Waals surface area contributed by atoms with Gasteiger partial charge in [-0.1, -0.05) is 0 Å². The van der Waals surface area contributed by atoms with Gasteiger partial charge in [-0.15, -0.1) is 11.3 Å². The number of nitrogens with zero attached hydrogens (tertiary/aromatic N) is 1. The SMILES string of the molecule is CC1=NCNc2cc(C)sc21. The van der Waals surface area contributed by atoms with Gasteiger partial charge in [0.1, 0.15) is 6.67 Å². The molecule has 1 aliphatic rings. The Morgan fingerprint density at radius 3 is 3.09 bits per heavy atom. The van der Waals surface area contributed by atoms with Crippen molar-refractivity contribution in [2.45, 2.75) is 13.8 Å². The van der Waals surface area contributed by atoms with E-state index in [9.17, 15) is 0 Å². The van der Waals surface area contributed by atoms with Crippen LogP contribution in [0.15, 0.2) is 11.1 Å². The average molecular weight is 166 g/mol. The van der Waals surface area contributed by atoms with Crippen molar-refractivity contribution < 1.29 is 0 Å². The minimum absolute atomic E-state index is 0.731. The maximum atomic E-state index is 4.30. The van der Waals surface area contributed by atoms with Crippen LogP contribution in [0.4, 0.5) is 5.69 Å². The fraction of sp³-hybridized carbons (Fsp3) is 0.375. The fourth-order valence-corrected chi connectivity index (χ4v) is 2.18. The highest BCUT2D eigenvalue weighted by Gasteiger charge is 2.12. The van der Waals surface area contributed by atoms with Gasteiger partial charge >= 0.3 is 0 Å². The van der Waals surface area contributed by atoms with Gasteiger partial charge in [-0.3, -0.25) is 4.99 Å². The van der Waals surface area contributed by atoms with Crippen LogP contribution in [0.5, 0.6) is 0 Å². The quantitative estimate of drug-likeness (QED) is 0.628. The lowest BCUT2D eigenvalue weighted by Crippen LogP contribution is -2.09. The van der Waals surface area contributed by atoms with Crippen molar-refractivity contribution in [2.75, 3.05) is 12.0 Å². The highest BCUT2D eigenvalue weighted by atomic mass is 32.1. The third kappa shape index (κ3) is 1.05. The van der Waals surface area contributed by atoms with Gasteiger partial charge in [-0.05, 0) is 19.9 Å². The van der Waals surface area contributed by atoms with Gasteiger partial charge in [0.25, 0.3) is 0 Å². The Bertz CT molecular complexity index is 312. The number of nitrogens with one attached hydrogen (secondary N) is 1. The van der Waals surface area contributed by atoms with Gasteiger partial charge < -0.3 is 5.32 Å². The number of hydrogen-bond acceptors (Lipinski definition) is 3. The molecular formula is C8H10N2S. The molecule has 0 saturated carbocycles. The van der Waals surface area contributed by atoms with Gasteiger partial charge in [0.15, 0.2) is 0 Å². The summed E-state index contributed by atoms with van der Waals surface area (Å²) < 4.78 is 0. The number of aryl methyl sites for hydroxylation is 1. The van der Waals surface area contributed by atoms with Crippen LogP contribution in [0.3, 0.4) is 0 Å². The number of fused-ring (bicyclic) bond motifs is 1. The highest BCUT2D eigenvalue weighted by Crippen LogP contribution is 2.29. The zero-order valence-corrected chi connectivity index (χ0v) is 7.46. The highest BCUT2D eigenvalue weighted by molar-refractivity contribution is 7.14. The molecule has 1 aromatic rings. The standard InChI is InChI=1S/C8H10N2S/c1-5-3-7-8(11-5)6(2)9-4-10-7/h3,10H,4H2,1-2H3. The molecule has 1 aromatic heterocycles. The maximum Gasteiger partial charge on any atom is 0.108 e. The molecule has 0 fully saturated rings. The number of hydrogen-bond donors (Lipinski definition) is 1. The Balaban J connectivity index is 2.55. The molecule has 2 heterocycles. The van der Waals surface area contributed by atoms with Crippen LogP contribution in [-0.2, 0) is 0 Å². The topological polar surface area (TPSA) is 24.4 Å². The molecule has 0 atom stereocenters. The van der Waals surface area contributed by atoms with E-state index in [0.29, 0.717) is 0 Å². The lowest BCUT2D eigenvalue weighted by atomic mass is 10.2. The second-order valence-electron chi connectivity index (χ2n) is 2.68. The molecule has 1 N–H and O–H groups in total. The number of anilines is 1. The Kier molecular flexibility index (Phi) is 1.46. The van der Waals surface area contributed by atoms with Gasteiger partial charge in [0.05, 0.1) is 16.3 Å². The van der Waals surface area contributed by atoms with Gasteiger partial charge in [-0.2, -0.15) is 0 Å². The normalized spacial score (nSPS) is 15.3. The first kappa shape index (κ1) is 6.85. The van der Waals surface area contributed by atoms with Crippen LogP contribution < -0.4 is 5.32 Å². The molecule has 2 rings (SSSR count). The Hall–Kier alpha value is -0.830. The first-order chi connectivity index (χ1) is 5.27. The zero-order chi connectivity index (χ0) is 7.84. The zero-order valence-electron chi connectivity index (χ0n) is 6.64. The summed E-state index contributed by atoms with van der Waals surface area (Å²) in [5.41, 5.74) is 2.41. The summed E-state index contributed by atoms with van der Waals surface area (Å²) in [4.78, 5) is 6.95. The van der Waals surface area contributed by atoms with Gasteiger partial charge in [-0.25, -0.2) is 0 Å². The van der Waals surface area contributed by atoms with Crippen LogP contribution in [0.1, 0.15) is 16.7 Å². The van der Waals surface area contributed by atoms with E-state index >= 15 is 0 Å². The monoisotopic (exact) mass is 166 g/mol. The molecule has 1 aliphatic heterocycles. The van der Waals surface area contributed by atoms with Crippen LogP contribution in [-0.4, -0.2) is 12.4 Å². The largest absolute Gasteiger partial charge is 0.365 e. The smallest absolute Gasteiger partial charge is 0.108 e. The first-order valence-electron chi connectivity index (χ1n) is 3.63. The molecule has 0 radical (unpaired) electrons. The Morgan fingerprint density at radius 2 is 2.36 bits per heavy atom. The van der Waals surface area contributed by atoms with Crippen molar-refractivity contribution in [1.82, 2.24) is 0 Å². The molecule has 2 nitrogen and oxygen atoms in total. The third-order valence-electron chi connectivity index (χ3n) is 1.77. The van der Waals surface area contributed by atoms with Crippen LogP contribution >= 0.6 is 11.3 Å². The van der Waals surface area contributed by atoms with E-state index in [2.05, 4.69) is 30.2 Å². The van der Waals surface area contributed by atoms with Crippen molar-refractivity contribution in [2.24, 2.45) is 4.99 Å². The minimum atomic E-state index is 0.731. The summed E-state index contributed by atoms with van der Waals surface area (Å²) in [6.45, 7) is 4.92. The van der Waals surface area contributed by atoms with E-state index in [1.165, 1.54) is 15.4 Å². The third-order valence-corrected chi connectivity index (χ3v) is 2.93. The number of aliphatic imine (C=N–C) groups is 1. The van der Waals surface area contributed by atoms with Crippen molar-refractivity contribution in [3.8, 4) is 0 Å². The van der Waals surface area contributed by atoms with Crippen molar-refractivity contribution in [1.29, 1.82) is 0 Å². The minimum Gasteiger partial charge on any atom is -0.365 e. The summed E-state index contributed by atoms with van der Waals surface area (Å²) in [5.74, 6) is 0. The summed E-state index contributed by atoms with van der Waals surface area (Å²) in [6, 6.07) is 2.18. The summed E-state index contributed by atoms with van der Waals surface area (Å²) >= 11 is 1.80. The van der Waals surface area contributed by atoms with E-state index in [0.717, 1.165) is 12.4 Å². The lowest BCUT2D eigenvalue weighted by molar-refractivity contribution is 1.12. The summed E-state index contributed by atoms with van der Waals surface area (Å²) in [7, 11) is 0. The number of thiophene rings is 1. The lowest BCUT2D eigenvalue weighted by Gasteiger charge is -2.10. The fourth-order valence-electron chi connectivity index (χ4n) is 1.23. The second kappa shape index (κ2) is 2.34. The predicted octanol–water partition coefficient (Wildman–Crippen LogP) is 2.25. The van der Waals surface area contributed by atoms with Crippen molar-refractivity contribution in [3.63, 3.8) is 0 Å². The van der Waals surface area contributed by atoms with Gasteiger partial charge in [0.2, 0.25) is 0 Å². The predicted molar refractivity (Wildman–Crippen MR) is 49.8 cm³/mol. The molecule has 0 spiro atoms. The van der Waals surface area contributed by atoms with E-state index in [1.807, 2.05) is 0 Å². The van der Waals surface area contributed by atoms with Crippen LogP contribution in [0, 0.1) is 6.92 Å². The molecule has 0 unspecified atom stereocenters. The van der Waals surface area contributed by atoms with Crippen molar-refractivity contribution in [3.05, 3.63) is 15.8 Å². The molecule has 3 heteroatoms. The van der Waals surface area contributed by atoms with E-state index in [-0.39, 0.29) is 0 Å². The maximum absolute atomic E-state index is 4.30. The second-order valence-corrected chi connectivity index (χ2v) is 3.93. The molecule has 0 amide bonds. The average Bonchev–Trinajstić information content (AvgIpc) is 2.31. The van der Waals surface area contributed by atoms with Crippen LogP contribution in [0.25, 0.3) is 0 Å². The Labute approximate surface area is 70.0 Å². The molecule has 0 saturated heterocycles. The van der Waals surface area contributed by atoms with Crippen molar-refractivity contribution >= 4 is 22.7 Å². The molecular weight excluding hydrogens is 156 g/mol. The van der Waals surface area contributed by atoms with E-state index in [1.54, 1.807) is 11.3 Å². The molecule has 0 bridgehead atoms. The first-order valence-corrected chi connectivity index (χ1v) is 4.45. The molecule has 58 valence electrons. The van der Waals surface area contributed by atoms with Crippen LogP contribution in [0.2, 0.25) is 0 Å².